The van der Waals surface area contributed by atoms with E-state index >= 15 is 0 Å². The standard InChI is InChI=1S/C9H19Cl/c1-3-5-7-9(8-10)6-4-2/h9H,3-8H2,1-2H3. The Morgan fingerprint density at radius 3 is 2.20 bits per heavy atom. The molecule has 0 nitrogen and oxygen atoms in total. The molecular weight excluding hydrogens is 144 g/mol. The van der Waals surface area contributed by atoms with Crippen molar-refractivity contribution in [2.24, 2.45) is 5.92 Å². The third kappa shape index (κ3) is 5.10. The molecule has 0 saturated carbocycles. The lowest BCUT2D eigenvalue weighted by Gasteiger charge is -2.10. The highest BCUT2D eigenvalue weighted by atomic mass is 35.5. The van der Waals surface area contributed by atoms with E-state index < -0.39 is 0 Å². The molecule has 0 amide bonds. The van der Waals surface area contributed by atoms with Crippen LogP contribution in [0.1, 0.15) is 46.0 Å². The summed E-state index contributed by atoms with van der Waals surface area (Å²) < 4.78 is 0. The van der Waals surface area contributed by atoms with Gasteiger partial charge in [0.2, 0.25) is 0 Å². The molecule has 0 radical (unpaired) electrons. The highest BCUT2D eigenvalue weighted by molar-refractivity contribution is 6.18. The van der Waals surface area contributed by atoms with Gasteiger partial charge in [-0.1, -0.05) is 33.1 Å². The van der Waals surface area contributed by atoms with Crippen LogP contribution < -0.4 is 0 Å². The number of unbranched alkanes of at least 4 members (excludes halogenated alkanes) is 1. The predicted octanol–water partition coefficient (Wildman–Crippen LogP) is 3.83. The summed E-state index contributed by atoms with van der Waals surface area (Å²) in [5, 5.41) is 0. The van der Waals surface area contributed by atoms with E-state index in [4.69, 9.17) is 11.6 Å². The number of alkyl halides is 1. The Morgan fingerprint density at radius 1 is 1.10 bits per heavy atom. The minimum Gasteiger partial charge on any atom is -0.126 e. The second kappa shape index (κ2) is 7.40. The maximum Gasteiger partial charge on any atom is 0.0251 e. The quantitative estimate of drug-likeness (QED) is 0.521. The zero-order chi connectivity index (χ0) is 7.82. The lowest BCUT2D eigenvalue weighted by atomic mass is 9.99. The fourth-order valence-electron chi connectivity index (χ4n) is 1.20. The summed E-state index contributed by atoms with van der Waals surface area (Å²) in [5.74, 6) is 1.64. The van der Waals surface area contributed by atoms with Crippen molar-refractivity contribution in [3.8, 4) is 0 Å². The normalized spacial score (nSPS) is 13.5. The Bertz CT molecular complexity index is 61.7. The molecule has 1 unspecified atom stereocenters. The first-order valence-electron chi connectivity index (χ1n) is 4.41. The van der Waals surface area contributed by atoms with Crippen molar-refractivity contribution in [2.75, 3.05) is 5.88 Å². The molecule has 0 spiro atoms. The molecule has 1 heteroatoms. The Morgan fingerprint density at radius 2 is 1.80 bits per heavy atom. The summed E-state index contributed by atoms with van der Waals surface area (Å²) in [6.45, 7) is 4.46. The summed E-state index contributed by atoms with van der Waals surface area (Å²) in [4.78, 5) is 0. The van der Waals surface area contributed by atoms with Gasteiger partial charge in [0.15, 0.2) is 0 Å². The maximum atomic E-state index is 5.78. The van der Waals surface area contributed by atoms with Crippen LogP contribution in [-0.4, -0.2) is 5.88 Å². The number of hydrogen-bond acceptors (Lipinski definition) is 0. The smallest absolute Gasteiger partial charge is 0.0251 e. The van der Waals surface area contributed by atoms with Gasteiger partial charge >= 0.3 is 0 Å². The summed E-state index contributed by atoms with van der Waals surface area (Å²) in [5.41, 5.74) is 0. The van der Waals surface area contributed by atoms with Gasteiger partial charge in [0.25, 0.3) is 0 Å². The van der Waals surface area contributed by atoms with Crippen molar-refractivity contribution >= 4 is 11.6 Å². The Labute approximate surface area is 70.0 Å². The van der Waals surface area contributed by atoms with Crippen molar-refractivity contribution in [2.45, 2.75) is 46.0 Å². The molecule has 0 aromatic carbocycles. The first-order chi connectivity index (χ1) is 4.85. The van der Waals surface area contributed by atoms with Gasteiger partial charge in [-0.25, -0.2) is 0 Å². The molecule has 0 heterocycles. The van der Waals surface area contributed by atoms with Gasteiger partial charge in [-0.2, -0.15) is 0 Å². The minimum atomic E-state index is 0.784. The molecule has 1 atom stereocenters. The summed E-state index contributed by atoms with van der Waals surface area (Å²) >= 11 is 5.78. The van der Waals surface area contributed by atoms with Gasteiger partial charge in [-0.3, -0.25) is 0 Å². The van der Waals surface area contributed by atoms with Crippen LogP contribution in [0, 0.1) is 5.92 Å². The molecule has 0 bridgehead atoms. The molecule has 0 aromatic heterocycles. The lowest BCUT2D eigenvalue weighted by Crippen LogP contribution is -2.00. The second-order valence-corrected chi connectivity index (χ2v) is 3.26. The molecule has 0 aliphatic rings. The summed E-state index contributed by atoms with van der Waals surface area (Å²) in [6, 6.07) is 0. The van der Waals surface area contributed by atoms with Crippen molar-refractivity contribution in [1.82, 2.24) is 0 Å². The fourth-order valence-corrected chi connectivity index (χ4v) is 1.51. The minimum absolute atomic E-state index is 0.784. The number of rotatable bonds is 6. The number of hydrogen-bond donors (Lipinski definition) is 0. The van der Waals surface area contributed by atoms with Crippen molar-refractivity contribution in [3.63, 3.8) is 0 Å². The maximum absolute atomic E-state index is 5.78. The van der Waals surface area contributed by atoms with E-state index in [-0.39, 0.29) is 0 Å². The van der Waals surface area contributed by atoms with Crippen LogP contribution in [0.5, 0.6) is 0 Å². The van der Waals surface area contributed by atoms with Crippen molar-refractivity contribution in [3.05, 3.63) is 0 Å². The van der Waals surface area contributed by atoms with E-state index in [0.29, 0.717) is 0 Å². The average molecular weight is 163 g/mol. The van der Waals surface area contributed by atoms with Crippen LogP contribution in [0.3, 0.4) is 0 Å². The topological polar surface area (TPSA) is 0 Å². The average Bonchev–Trinajstić information content (AvgIpc) is 1.98. The lowest BCUT2D eigenvalue weighted by molar-refractivity contribution is 0.471. The zero-order valence-corrected chi connectivity index (χ0v) is 7.95. The summed E-state index contributed by atoms with van der Waals surface area (Å²) in [7, 11) is 0. The van der Waals surface area contributed by atoms with Crippen LogP contribution in [0.4, 0.5) is 0 Å². The largest absolute Gasteiger partial charge is 0.126 e. The van der Waals surface area contributed by atoms with E-state index in [1.54, 1.807) is 0 Å². The van der Waals surface area contributed by atoms with Gasteiger partial charge < -0.3 is 0 Å². The molecule has 0 aliphatic carbocycles. The monoisotopic (exact) mass is 162 g/mol. The first kappa shape index (κ1) is 10.3. The van der Waals surface area contributed by atoms with E-state index in [1.165, 1.54) is 32.1 Å². The van der Waals surface area contributed by atoms with E-state index in [2.05, 4.69) is 13.8 Å². The van der Waals surface area contributed by atoms with Crippen LogP contribution in [-0.2, 0) is 0 Å². The Balaban J connectivity index is 3.21. The van der Waals surface area contributed by atoms with Gasteiger partial charge in [-0.15, -0.1) is 11.6 Å². The van der Waals surface area contributed by atoms with Gasteiger partial charge in [0, 0.05) is 5.88 Å². The van der Waals surface area contributed by atoms with E-state index in [0.717, 1.165) is 11.8 Å². The molecule has 10 heavy (non-hydrogen) atoms. The van der Waals surface area contributed by atoms with E-state index in [1.807, 2.05) is 0 Å². The first-order valence-corrected chi connectivity index (χ1v) is 4.94. The highest BCUT2D eigenvalue weighted by Crippen LogP contribution is 2.15. The van der Waals surface area contributed by atoms with Crippen molar-refractivity contribution < 1.29 is 0 Å². The molecule has 0 aliphatic heterocycles. The van der Waals surface area contributed by atoms with Crippen LogP contribution in [0.2, 0.25) is 0 Å². The molecule has 0 fully saturated rings. The van der Waals surface area contributed by atoms with Gasteiger partial charge in [-0.05, 0) is 18.8 Å². The third-order valence-electron chi connectivity index (χ3n) is 1.88. The zero-order valence-electron chi connectivity index (χ0n) is 7.20. The van der Waals surface area contributed by atoms with Gasteiger partial charge in [0.05, 0.1) is 0 Å². The fraction of sp³-hybridized carbons (Fsp3) is 1.00. The SMILES string of the molecule is CCCCC(CCl)CCC. The predicted molar refractivity (Wildman–Crippen MR) is 48.6 cm³/mol. The molecular formula is C9H19Cl. The van der Waals surface area contributed by atoms with Crippen molar-refractivity contribution in [1.29, 1.82) is 0 Å². The highest BCUT2D eigenvalue weighted by Gasteiger charge is 2.03. The molecule has 0 saturated heterocycles. The van der Waals surface area contributed by atoms with Crippen LogP contribution >= 0.6 is 11.6 Å². The van der Waals surface area contributed by atoms with Crippen LogP contribution in [0.25, 0.3) is 0 Å². The second-order valence-electron chi connectivity index (χ2n) is 2.95. The number of halogens is 1. The van der Waals surface area contributed by atoms with Gasteiger partial charge in [0.1, 0.15) is 0 Å². The summed E-state index contributed by atoms with van der Waals surface area (Å²) in [6.07, 6.45) is 6.56. The molecule has 62 valence electrons. The Hall–Kier alpha value is 0.290. The third-order valence-corrected chi connectivity index (χ3v) is 2.32. The molecule has 0 N–H and O–H groups in total. The molecule has 0 aromatic rings. The Kier molecular flexibility index (Phi) is 7.61. The van der Waals surface area contributed by atoms with Crippen LogP contribution in [0.15, 0.2) is 0 Å². The van der Waals surface area contributed by atoms with E-state index in [9.17, 15) is 0 Å². The molecule has 0 rings (SSSR count).